The van der Waals surface area contributed by atoms with Crippen LogP contribution in [0.25, 0.3) is 0 Å². The average molecular weight is 326 g/mol. The monoisotopic (exact) mass is 326 g/mol. The molecule has 1 heterocycles. The second-order valence-electron chi connectivity index (χ2n) is 5.09. The first-order valence-electron chi connectivity index (χ1n) is 6.89. The van der Waals surface area contributed by atoms with E-state index in [1.807, 2.05) is 0 Å². The van der Waals surface area contributed by atoms with Crippen molar-refractivity contribution in [3.63, 3.8) is 0 Å². The number of hydrogen-bond donors (Lipinski definition) is 2. The summed E-state index contributed by atoms with van der Waals surface area (Å²) in [5, 5.41) is 10.0. The Labute approximate surface area is 129 Å². The Morgan fingerprint density at radius 3 is 2.64 bits per heavy atom. The van der Waals surface area contributed by atoms with E-state index in [1.165, 1.54) is 18.2 Å². The molecule has 0 saturated carbocycles. The van der Waals surface area contributed by atoms with Crippen molar-refractivity contribution >= 4 is 10.0 Å². The summed E-state index contributed by atoms with van der Waals surface area (Å²) < 4.78 is 41.5. The van der Waals surface area contributed by atoms with Crippen LogP contribution in [0.15, 0.2) is 42.6 Å². The molecule has 120 valence electrons. The highest BCUT2D eigenvalue weighted by molar-refractivity contribution is 7.88. The Bertz CT molecular complexity index is 728. The van der Waals surface area contributed by atoms with Gasteiger partial charge in [-0.25, -0.2) is 17.5 Å². The molecule has 0 amide bonds. The quantitative estimate of drug-likeness (QED) is 0.814. The van der Waals surface area contributed by atoms with E-state index in [9.17, 15) is 17.9 Å². The zero-order chi connectivity index (χ0) is 16.2. The van der Waals surface area contributed by atoms with Crippen LogP contribution in [0, 0.1) is 5.82 Å². The molecule has 7 heteroatoms. The van der Waals surface area contributed by atoms with E-state index < -0.39 is 27.7 Å². The van der Waals surface area contributed by atoms with Crippen LogP contribution in [0.5, 0.6) is 0 Å². The van der Waals surface area contributed by atoms with Crippen molar-refractivity contribution in [3.05, 3.63) is 59.7 Å². The maximum Gasteiger partial charge on any atom is 0.215 e. The van der Waals surface area contributed by atoms with Gasteiger partial charge in [0.2, 0.25) is 10.0 Å². The van der Waals surface area contributed by atoms with Crippen LogP contribution in [-0.2, 0) is 22.8 Å². The lowest BCUT2D eigenvalue weighted by Crippen LogP contribution is -2.27. The molecule has 0 radical (unpaired) electrons. The van der Waals surface area contributed by atoms with E-state index >= 15 is 0 Å². The van der Waals surface area contributed by atoms with Crippen molar-refractivity contribution < 1.29 is 17.9 Å². The minimum atomic E-state index is -3.64. The van der Waals surface area contributed by atoms with Gasteiger partial charge in [-0.05, 0) is 24.6 Å². The zero-order valence-corrected chi connectivity index (χ0v) is 13.1. The summed E-state index contributed by atoms with van der Waals surface area (Å²) in [6.07, 6.45) is 1.30. The van der Waals surface area contributed by atoms with E-state index in [0.717, 1.165) is 0 Å². The van der Waals surface area contributed by atoms with Gasteiger partial charge in [0.05, 0.1) is 11.9 Å². The standard InChI is InChI=1S/C15H19FN2O3S/c1-18-10-4-7-14(18)15(19)8-9-17-22(20,21)11-12-5-2-3-6-13(12)16/h2-7,10,15,17,19H,8-9,11H2,1H3. The van der Waals surface area contributed by atoms with Crippen LogP contribution in [-0.4, -0.2) is 24.6 Å². The Morgan fingerprint density at radius 1 is 1.27 bits per heavy atom. The van der Waals surface area contributed by atoms with Gasteiger partial charge in [-0.1, -0.05) is 18.2 Å². The van der Waals surface area contributed by atoms with Gasteiger partial charge < -0.3 is 9.67 Å². The highest BCUT2D eigenvalue weighted by Gasteiger charge is 2.16. The Hall–Kier alpha value is -1.70. The van der Waals surface area contributed by atoms with Crippen molar-refractivity contribution in [2.45, 2.75) is 18.3 Å². The summed E-state index contributed by atoms with van der Waals surface area (Å²) in [6.45, 7) is 0.0864. The summed E-state index contributed by atoms with van der Waals surface area (Å²) in [7, 11) is -1.83. The molecule has 0 saturated heterocycles. The Kier molecular flexibility index (Phi) is 5.33. The molecule has 2 rings (SSSR count). The maximum atomic E-state index is 13.5. The summed E-state index contributed by atoms with van der Waals surface area (Å²) in [4.78, 5) is 0. The molecule has 1 aromatic carbocycles. The van der Waals surface area contributed by atoms with Gasteiger partial charge in [0.15, 0.2) is 0 Å². The summed E-state index contributed by atoms with van der Waals surface area (Å²) in [5.74, 6) is -0.961. The second kappa shape index (κ2) is 7.04. The number of sulfonamides is 1. The number of aryl methyl sites for hydroxylation is 1. The normalized spacial score (nSPS) is 13.2. The molecule has 2 N–H and O–H groups in total. The lowest BCUT2D eigenvalue weighted by molar-refractivity contribution is 0.161. The van der Waals surface area contributed by atoms with Crippen molar-refractivity contribution in [2.24, 2.45) is 7.05 Å². The predicted octanol–water partition coefficient (Wildman–Crippen LogP) is 1.71. The molecule has 0 aliphatic carbocycles. The highest BCUT2D eigenvalue weighted by Crippen LogP contribution is 2.16. The number of halogens is 1. The van der Waals surface area contributed by atoms with E-state index in [-0.39, 0.29) is 18.5 Å². The molecule has 1 atom stereocenters. The smallest absolute Gasteiger partial charge is 0.215 e. The van der Waals surface area contributed by atoms with Crippen LogP contribution in [0.2, 0.25) is 0 Å². The minimum absolute atomic E-state index is 0.0864. The SMILES string of the molecule is Cn1cccc1C(O)CCNS(=O)(=O)Cc1ccccc1F. The van der Waals surface area contributed by atoms with Gasteiger partial charge in [-0.15, -0.1) is 0 Å². The van der Waals surface area contributed by atoms with Gasteiger partial charge in [0.25, 0.3) is 0 Å². The largest absolute Gasteiger partial charge is 0.387 e. The number of nitrogens with zero attached hydrogens (tertiary/aromatic N) is 1. The number of rotatable bonds is 7. The molecule has 0 spiro atoms. The van der Waals surface area contributed by atoms with Crippen molar-refractivity contribution in [3.8, 4) is 0 Å². The lowest BCUT2D eigenvalue weighted by Gasteiger charge is -2.13. The zero-order valence-electron chi connectivity index (χ0n) is 12.2. The van der Waals surface area contributed by atoms with Crippen LogP contribution < -0.4 is 4.72 Å². The first kappa shape index (κ1) is 16.7. The Balaban J connectivity index is 1.88. The molecule has 1 aromatic heterocycles. The van der Waals surface area contributed by atoms with Gasteiger partial charge in [0, 0.05) is 31.0 Å². The molecular weight excluding hydrogens is 307 g/mol. The molecule has 0 fully saturated rings. The summed E-state index contributed by atoms with van der Waals surface area (Å²) in [5.41, 5.74) is 0.839. The number of nitrogens with one attached hydrogen (secondary N) is 1. The van der Waals surface area contributed by atoms with Crippen molar-refractivity contribution in [2.75, 3.05) is 6.54 Å². The fourth-order valence-electron chi connectivity index (χ4n) is 2.19. The molecule has 5 nitrogen and oxygen atoms in total. The van der Waals surface area contributed by atoms with E-state index in [2.05, 4.69) is 4.72 Å². The minimum Gasteiger partial charge on any atom is -0.387 e. The first-order valence-corrected chi connectivity index (χ1v) is 8.54. The predicted molar refractivity (Wildman–Crippen MR) is 82.0 cm³/mol. The molecule has 1 unspecified atom stereocenters. The molecule has 0 aliphatic rings. The fraction of sp³-hybridized carbons (Fsp3) is 0.333. The highest BCUT2D eigenvalue weighted by atomic mass is 32.2. The third-order valence-corrected chi connectivity index (χ3v) is 4.70. The molecule has 2 aromatic rings. The van der Waals surface area contributed by atoms with E-state index in [0.29, 0.717) is 5.69 Å². The van der Waals surface area contributed by atoms with Crippen LogP contribution in [0.1, 0.15) is 23.8 Å². The third-order valence-electron chi connectivity index (χ3n) is 3.37. The second-order valence-corrected chi connectivity index (χ2v) is 6.90. The van der Waals surface area contributed by atoms with Crippen LogP contribution >= 0.6 is 0 Å². The molecule has 0 bridgehead atoms. The van der Waals surface area contributed by atoms with Gasteiger partial charge in [0.1, 0.15) is 5.82 Å². The number of aromatic nitrogens is 1. The first-order chi connectivity index (χ1) is 10.4. The van der Waals surface area contributed by atoms with Gasteiger partial charge in [-0.3, -0.25) is 0 Å². The van der Waals surface area contributed by atoms with Crippen molar-refractivity contribution in [1.29, 1.82) is 0 Å². The lowest BCUT2D eigenvalue weighted by atomic mass is 10.2. The molecular formula is C15H19FN2O3S. The number of aliphatic hydroxyl groups excluding tert-OH is 1. The number of aliphatic hydroxyl groups is 1. The van der Waals surface area contributed by atoms with Crippen molar-refractivity contribution in [1.82, 2.24) is 9.29 Å². The van der Waals surface area contributed by atoms with Gasteiger partial charge >= 0.3 is 0 Å². The molecule has 22 heavy (non-hydrogen) atoms. The third kappa shape index (κ3) is 4.40. The van der Waals surface area contributed by atoms with E-state index in [1.54, 1.807) is 36.0 Å². The fourth-order valence-corrected chi connectivity index (χ4v) is 3.37. The topological polar surface area (TPSA) is 71.3 Å². The number of benzene rings is 1. The van der Waals surface area contributed by atoms with Crippen LogP contribution in [0.3, 0.4) is 0 Å². The van der Waals surface area contributed by atoms with E-state index in [4.69, 9.17) is 0 Å². The van der Waals surface area contributed by atoms with Gasteiger partial charge in [-0.2, -0.15) is 0 Å². The molecule has 0 aliphatic heterocycles. The summed E-state index contributed by atoms with van der Waals surface area (Å²) >= 11 is 0. The maximum absolute atomic E-state index is 13.5. The number of hydrogen-bond acceptors (Lipinski definition) is 3. The van der Waals surface area contributed by atoms with Crippen LogP contribution in [0.4, 0.5) is 4.39 Å². The summed E-state index contributed by atoms with van der Waals surface area (Å²) in [6, 6.07) is 9.35. The average Bonchev–Trinajstić information content (AvgIpc) is 2.87. The Morgan fingerprint density at radius 2 is 2.00 bits per heavy atom.